The van der Waals surface area contributed by atoms with Crippen LogP contribution in [-0.2, 0) is 9.84 Å². The van der Waals surface area contributed by atoms with E-state index in [1.54, 1.807) is 26.4 Å². The zero-order valence-corrected chi connectivity index (χ0v) is 15.8. The highest BCUT2D eigenvalue weighted by Crippen LogP contribution is 2.31. The first kappa shape index (κ1) is 18.2. The van der Waals surface area contributed by atoms with E-state index in [0.29, 0.717) is 29.6 Å². The zero-order chi connectivity index (χ0) is 18.7. The fourth-order valence-corrected chi connectivity index (χ4v) is 4.71. The van der Waals surface area contributed by atoms with Gasteiger partial charge in [-0.2, -0.15) is 0 Å². The molecule has 2 heterocycles. The van der Waals surface area contributed by atoms with Crippen LogP contribution in [0.4, 0.5) is 17.3 Å². The Bertz CT molecular complexity index is 888. The van der Waals surface area contributed by atoms with E-state index in [-0.39, 0.29) is 17.5 Å². The number of rotatable bonds is 6. The van der Waals surface area contributed by atoms with Crippen molar-refractivity contribution in [3.05, 3.63) is 30.6 Å². The van der Waals surface area contributed by atoms with Crippen LogP contribution < -0.4 is 19.7 Å². The molecule has 1 fully saturated rings. The van der Waals surface area contributed by atoms with E-state index in [1.165, 1.54) is 6.33 Å². The number of nitrogens with zero attached hydrogens (tertiary/aromatic N) is 3. The first-order chi connectivity index (χ1) is 12.4. The lowest BCUT2D eigenvalue weighted by Gasteiger charge is -2.24. The molecular formula is C17H22N4O4S. The van der Waals surface area contributed by atoms with Crippen LogP contribution in [0.2, 0.25) is 0 Å². The number of anilines is 3. The number of hydrogen-bond donors (Lipinski definition) is 1. The van der Waals surface area contributed by atoms with Gasteiger partial charge in [0.05, 0.1) is 25.7 Å². The van der Waals surface area contributed by atoms with Gasteiger partial charge in [0.15, 0.2) is 21.3 Å². The van der Waals surface area contributed by atoms with Crippen LogP contribution >= 0.6 is 0 Å². The second-order valence-electron chi connectivity index (χ2n) is 6.12. The van der Waals surface area contributed by atoms with Gasteiger partial charge in [-0.15, -0.1) is 0 Å². The molecule has 0 amide bonds. The van der Waals surface area contributed by atoms with Crippen LogP contribution in [0, 0.1) is 0 Å². The Morgan fingerprint density at radius 2 is 1.92 bits per heavy atom. The maximum Gasteiger partial charge on any atom is 0.162 e. The fourth-order valence-electron chi connectivity index (χ4n) is 2.94. The molecule has 1 aliphatic rings. The van der Waals surface area contributed by atoms with Gasteiger partial charge in [-0.1, -0.05) is 0 Å². The number of hydrogen-bond acceptors (Lipinski definition) is 8. The minimum absolute atomic E-state index is 0.0659. The SMILES string of the molecule is COc1ccc(Nc2cc(N(C)C3CCS(=O)(=O)C3)ncn2)cc1OC. The van der Waals surface area contributed by atoms with E-state index in [9.17, 15) is 8.42 Å². The first-order valence-corrected chi connectivity index (χ1v) is 9.98. The normalized spacial score (nSPS) is 18.3. The Kier molecular flexibility index (Phi) is 5.17. The molecule has 3 rings (SSSR count). The molecule has 1 unspecified atom stereocenters. The van der Waals surface area contributed by atoms with E-state index >= 15 is 0 Å². The summed E-state index contributed by atoms with van der Waals surface area (Å²) in [6, 6.07) is 7.20. The molecular weight excluding hydrogens is 356 g/mol. The molecule has 1 atom stereocenters. The van der Waals surface area contributed by atoms with Crippen molar-refractivity contribution in [2.24, 2.45) is 0 Å². The molecule has 9 heteroatoms. The summed E-state index contributed by atoms with van der Waals surface area (Å²) in [4.78, 5) is 10.4. The molecule has 2 aromatic rings. The number of benzene rings is 1. The van der Waals surface area contributed by atoms with Crippen molar-refractivity contribution in [3.8, 4) is 11.5 Å². The van der Waals surface area contributed by atoms with E-state index < -0.39 is 9.84 Å². The van der Waals surface area contributed by atoms with Gasteiger partial charge in [0.25, 0.3) is 0 Å². The Hall–Kier alpha value is -2.55. The number of sulfone groups is 1. The first-order valence-electron chi connectivity index (χ1n) is 8.16. The van der Waals surface area contributed by atoms with Gasteiger partial charge in [-0.05, 0) is 18.6 Å². The molecule has 140 valence electrons. The van der Waals surface area contributed by atoms with Gasteiger partial charge in [-0.3, -0.25) is 0 Å². The van der Waals surface area contributed by atoms with E-state index in [4.69, 9.17) is 9.47 Å². The van der Waals surface area contributed by atoms with Crippen molar-refractivity contribution in [3.63, 3.8) is 0 Å². The lowest BCUT2D eigenvalue weighted by Crippen LogP contribution is -2.33. The minimum Gasteiger partial charge on any atom is -0.493 e. The summed E-state index contributed by atoms with van der Waals surface area (Å²) in [7, 11) is 2.07. The van der Waals surface area contributed by atoms with Crippen LogP contribution in [0.25, 0.3) is 0 Å². The Labute approximate surface area is 153 Å². The third-order valence-corrected chi connectivity index (χ3v) is 6.18. The molecule has 1 aromatic carbocycles. The van der Waals surface area contributed by atoms with E-state index in [0.717, 1.165) is 5.69 Å². The van der Waals surface area contributed by atoms with Gasteiger partial charge in [0.1, 0.15) is 18.0 Å². The summed E-state index contributed by atoms with van der Waals surface area (Å²) in [6.07, 6.45) is 2.07. The standard InChI is InChI=1S/C17H22N4O4S/c1-21(13-6-7-26(22,23)10-13)17-9-16(18-11-19-17)20-12-4-5-14(24-2)15(8-12)25-3/h4-5,8-9,11,13H,6-7,10H2,1-3H3,(H,18,19,20). The third kappa shape index (κ3) is 3.98. The van der Waals surface area contributed by atoms with Crippen molar-refractivity contribution in [1.29, 1.82) is 0 Å². The fraction of sp³-hybridized carbons (Fsp3) is 0.412. The van der Waals surface area contributed by atoms with Crippen molar-refractivity contribution in [2.45, 2.75) is 12.5 Å². The lowest BCUT2D eigenvalue weighted by molar-refractivity contribution is 0.355. The van der Waals surface area contributed by atoms with Crippen LogP contribution in [0.5, 0.6) is 11.5 Å². The van der Waals surface area contributed by atoms with Gasteiger partial charge in [-0.25, -0.2) is 18.4 Å². The highest BCUT2D eigenvalue weighted by atomic mass is 32.2. The predicted octanol–water partition coefficient (Wildman–Crippen LogP) is 1.86. The molecule has 1 saturated heterocycles. The van der Waals surface area contributed by atoms with E-state index in [2.05, 4.69) is 15.3 Å². The Balaban J connectivity index is 1.77. The topological polar surface area (TPSA) is 93.7 Å². The summed E-state index contributed by atoms with van der Waals surface area (Å²) >= 11 is 0. The van der Waals surface area contributed by atoms with E-state index in [1.807, 2.05) is 24.1 Å². The summed E-state index contributed by atoms with van der Waals surface area (Å²) in [5.41, 5.74) is 0.790. The van der Waals surface area contributed by atoms with Gasteiger partial charge in [0, 0.05) is 30.9 Å². The average molecular weight is 378 g/mol. The Morgan fingerprint density at radius 3 is 2.58 bits per heavy atom. The van der Waals surface area contributed by atoms with Crippen LogP contribution in [0.15, 0.2) is 30.6 Å². The number of ether oxygens (including phenoxy) is 2. The van der Waals surface area contributed by atoms with Gasteiger partial charge < -0.3 is 19.7 Å². The summed E-state index contributed by atoms with van der Waals surface area (Å²) in [5.74, 6) is 2.92. The van der Waals surface area contributed by atoms with Crippen LogP contribution in [0.3, 0.4) is 0 Å². The predicted molar refractivity (Wildman–Crippen MR) is 100 cm³/mol. The molecule has 0 saturated carbocycles. The molecule has 0 spiro atoms. The molecule has 0 bridgehead atoms. The van der Waals surface area contributed by atoms with Crippen LogP contribution in [-0.4, -0.2) is 57.2 Å². The van der Waals surface area contributed by atoms with Crippen molar-refractivity contribution in [2.75, 3.05) is 43.0 Å². The lowest BCUT2D eigenvalue weighted by atomic mass is 10.2. The molecule has 1 aliphatic heterocycles. The highest BCUT2D eigenvalue weighted by molar-refractivity contribution is 7.91. The second kappa shape index (κ2) is 7.36. The maximum absolute atomic E-state index is 11.7. The molecule has 0 aliphatic carbocycles. The van der Waals surface area contributed by atoms with Crippen molar-refractivity contribution < 1.29 is 17.9 Å². The molecule has 8 nitrogen and oxygen atoms in total. The second-order valence-corrected chi connectivity index (χ2v) is 8.35. The number of aromatic nitrogens is 2. The molecule has 1 aromatic heterocycles. The largest absolute Gasteiger partial charge is 0.493 e. The smallest absolute Gasteiger partial charge is 0.162 e. The van der Waals surface area contributed by atoms with Gasteiger partial charge >= 0.3 is 0 Å². The number of nitrogens with one attached hydrogen (secondary N) is 1. The van der Waals surface area contributed by atoms with Crippen molar-refractivity contribution in [1.82, 2.24) is 9.97 Å². The molecule has 0 radical (unpaired) electrons. The minimum atomic E-state index is -2.95. The molecule has 26 heavy (non-hydrogen) atoms. The maximum atomic E-state index is 11.7. The summed E-state index contributed by atoms with van der Waals surface area (Å²) in [5, 5.41) is 3.20. The monoisotopic (exact) mass is 378 g/mol. The average Bonchev–Trinajstić information content (AvgIpc) is 3.01. The zero-order valence-electron chi connectivity index (χ0n) is 15.0. The summed E-state index contributed by atoms with van der Waals surface area (Å²) in [6.45, 7) is 0. The van der Waals surface area contributed by atoms with Gasteiger partial charge in [0.2, 0.25) is 0 Å². The van der Waals surface area contributed by atoms with Crippen LogP contribution in [0.1, 0.15) is 6.42 Å². The summed E-state index contributed by atoms with van der Waals surface area (Å²) < 4.78 is 33.9. The quantitative estimate of drug-likeness (QED) is 0.814. The van der Waals surface area contributed by atoms with Crippen molar-refractivity contribution >= 4 is 27.2 Å². The third-order valence-electron chi connectivity index (χ3n) is 4.43. The molecule has 1 N–H and O–H groups in total. The Morgan fingerprint density at radius 1 is 1.15 bits per heavy atom. The highest BCUT2D eigenvalue weighted by Gasteiger charge is 2.31. The number of methoxy groups -OCH3 is 2.